The van der Waals surface area contributed by atoms with E-state index in [0.29, 0.717) is 18.0 Å². The van der Waals surface area contributed by atoms with Crippen LogP contribution in [0.5, 0.6) is 0 Å². The van der Waals surface area contributed by atoms with Gasteiger partial charge >= 0.3 is 0 Å². The zero-order valence-corrected chi connectivity index (χ0v) is 13.1. The molecule has 3 heterocycles. The van der Waals surface area contributed by atoms with Crippen molar-refractivity contribution in [1.82, 2.24) is 4.98 Å². The van der Waals surface area contributed by atoms with Gasteiger partial charge in [-0.05, 0) is 42.8 Å². The molecule has 1 aliphatic rings. The number of aromatic nitrogens is 1. The largest absolute Gasteiger partial charge is 0.384 e. The third-order valence-corrected chi connectivity index (χ3v) is 4.71. The lowest BCUT2D eigenvalue weighted by atomic mass is 9.86. The third kappa shape index (κ3) is 2.17. The lowest BCUT2D eigenvalue weighted by Crippen LogP contribution is -2.27. The first-order valence-electron chi connectivity index (χ1n) is 6.96. The molecular formula is C16H17N3OS. The normalized spacial score (nSPS) is 17.6. The fourth-order valence-electron chi connectivity index (χ4n) is 2.74. The zero-order chi connectivity index (χ0) is 15.1. The van der Waals surface area contributed by atoms with E-state index >= 15 is 0 Å². The SMILES string of the molecule is CCC1C(=O)C(c2cscc2C)=Nc2c(C)cc(N)nc21. The monoisotopic (exact) mass is 299 g/mol. The van der Waals surface area contributed by atoms with Crippen LogP contribution in [0.4, 0.5) is 11.5 Å². The maximum Gasteiger partial charge on any atom is 0.190 e. The van der Waals surface area contributed by atoms with E-state index in [1.54, 1.807) is 11.3 Å². The van der Waals surface area contributed by atoms with E-state index in [0.717, 1.165) is 28.1 Å². The van der Waals surface area contributed by atoms with Crippen LogP contribution in [-0.2, 0) is 4.79 Å². The summed E-state index contributed by atoms with van der Waals surface area (Å²) in [6.45, 7) is 5.96. The second-order valence-corrected chi connectivity index (χ2v) is 6.10. The van der Waals surface area contributed by atoms with Crippen molar-refractivity contribution in [3.8, 4) is 0 Å². The van der Waals surface area contributed by atoms with Gasteiger partial charge < -0.3 is 5.73 Å². The molecule has 1 atom stereocenters. The Morgan fingerprint density at radius 3 is 2.67 bits per heavy atom. The van der Waals surface area contributed by atoms with Gasteiger partial charge in [-0.2, -0.15) is 11.3 Å². The molecule has 0 saturated heterocycles. The van der Waals surface area contributed by atoms with Crippen molar-refractivity contribution < 1.29 is 4.79 Å². The molecule has 0 fully saturated rings. The second kappa shape index (κ2) is 5.07. The van der Waals surface area contributed by atoms with Gasteiger partial charge in [0.15, 0.2) is 5.78 Å². The number of hydrogen-bond donors (Lipinski definition) is 1. The molecule has 0 radical (unpaired) electrons. The maximum absolute atomic E-state index is 12.8. The molecule has 2 N–H and O–H groups in total. The first-order valence-corrected chi connectivity index (χ1v) is 7.90. The van der Waals surface area contributed by atoms with Crippen molar-refractivity contribution in [2.45, 2.75) is 33.1 Å². The van der Waals surface area contributed by atoms with Gasteiger partial charge in [-0.25, -0.2) is 9.98 Å². The van der Waals surface area contributed by atoms with Crippen molar-refractivity contribution in [3.05, 3.63) is 39.2 Å². The molecule has 21 heavy (non-hydrogen) atoms. The first-order chi connectivity index (χ1) is 10.0. The first kappa shape index (κ1) is 13.9. The highest BCUT2D eigenvalue weighted by atomic mass is 32.1. The topological polar surface area (TPSA) is 68.3 Å². The minimum atomic E-state index is -0.256. The Hall–Kier alpha value is -2.01. The summed E-state index contributed by atoms with van der Waals surface area (Å²) in [7, 11) is 0. The Bertz CT molecular complexity index is 761. The van der Waals surface area contributed by atoms with E-state index < -0.39 is 0 Å². The Balaban J connectivity index is 2.26. The predicted octanol–water partition coefficient (Wildman–Crippen LogP) is 3.54. The van der Waals surface area contributed by atoms with E-state index in [4.69, 9.17) is 5.73 Å². The Kier molecular flexibility index (Phi) is 3.37. The van der Waals surface area contributed by atoms with Crippen LogP contribution in [0.25, 0.3) is 0 Å². The highest BCUT2D eigenvalue weighted by molar-refractivity contribution is 7.08. The molecule has 4 nitrogen and oxygen atoms in total. The highest BCUT2D eigenvalue weighted by Crippen LogP contribution is 2.38. The number of rotatable bonds is 2. The summed E-state index contributed by atoms with van der Waals surface area (Å²) in [4.78, 5) is 21.8. The summed E-state index contributed by atoms with van der Waals surface area (Å²) in [6, 6.07) is 1.81. The van der Waals surface area contributed by atoms with Gasteiger partial charge in [0.2, 0.25) is 0 Å². The van der Waals surface area contributed by atoms with Crippen LogP contribution in [0.15, 0.2) is 21.8 Å². The van der Waals surface area contributed by atoms with Gasteiger partial charge in [0, 0.05) is 10.9 Å². The molecule has 0 aliphatic carbocycles. The summed E-state index contributed by atoms with van der Waals surface area (Å²) < 4.78 is 0. The summed E-state index contributed by atoms with van der Waals surface area (Å²) in [6.07, 6.45) is 0.698. The van der Waals surface area contributed by atoms with Crippen molar-refractivity contribution in [1.29, 1.82) is 0 Å². The molecule has 1 aliphatic heterocycles. The number of carbonyl (C=O) groups is 1. The fourth-order valence-corrected chi connectivity index (χ4v) is 3.57. The number of aryl methyl sites for hydroxylation is 2. The lowest BCUT2D eigenvalue weighted by molar-refractivity contribution is -0.114. The van der Waals surface area contributed by atoms with Crippen LogP contribution in [0.3, 0.4) is 0 Å². The third-order valence-electron chi connectivity index (χ3n) is 3.85. The van der Waals surface area contributed by atoms with Gasteiger partial charge in [-0.3, -0.25) is 4.79 Å². The Morgan fingerprint density at radius 1 is 1.29 bits per heavy atom. The number of aliphatic imine (C=N–C) groups is 1. The molecule has 0 aromatic carbocycles. The van der Waals surface area contributed by atoms with Crippen LogP contribution < -0.4 is 5.73 Å². The predicted molar refractivity (Wildman–Crippen MR) is 86.7 cm³/mol. The van der Waals surface area contributed by atoms with Crippen molar-refractivity contribution in [2.75, 3.05) is 5.73 Å². The molecule has 108 valence electrons. The van der Waals surface area contributed by atoms with Crippen LogP contribution in [0.1, 0.15) is 41.6 Å². The average molecular weight is 299 g/mol. The number of anilines is 1. The number of Topliss-reactive ketones (excluding diaryl/α,β-unsaturated/α-hetero) is 1. The van der Waals surface area contributed by atoms with Crippen molar-refractivity contribution >= 4 is 34.3 Å². The summed E-state index contributed by atoms with van der Waals surface area (Å²) in [5.74, 6) is 0.237. The highest BCUT2D eigenvalue weighted by Gasteiger charge is 2.33. The van der Waals surface area contributed by atoms with Crippen molar-refractivity contribution in [2.24, 2.45) is 4.99 Å². The Labute approximate surface area is 127 Å². The van der Waals surface area contributed by atoms with Crippen LogP contribution in [0.2, 0.25) is 0 Å². The molecule has 0 spiro atoms. The fraction of sp³-hybridized carbons (Fsp3) is 0.312. The van der Waals surface area contributed by atoms with E-state index in [1.807, 2.05) is 37.6 Å². The van der Waals surface area contributed by atoms with Crippen LogP contribution in [0, 0.1) is 13.8 Å². The maximum atomic E-state index is 12.8. The molecule has 0 amide bonds. The number of thiophene rings is 1. The minimum absolute atomic E-state index is 0.0454. The quantitative estimate of drug-likeness (QED) is 0.922. The van der Waals surface area contributed by atoms with Crippen molar-refractivity contribution in [3.63, 3.8) is 0 Å². The number of fused-ring (bicyclic) bond motifs is 1. The van der Waals surface area contributed by atoms with Gasteiger partial charge in [-0.1, -0.05) is 6.92 Å². The van der Waals surface area contributed by atoms with Gasteiger partial charge in [0.25, 0.3) is 0 Å². The molecule has 1 unspecified atom stereocenters. The standard InChI is InChI=1S/C16H17N3OS/c1-4-10-14-13(8(2)5-12(17)18-14)19-15(16(10)20)11-7-21-6-9(11)3/h5-7,10H,4H2,1-3H3,(H2,17,18). The summed E-state index contributed by atoms with van der Waals surface area (Å²) >= 11 is 1.59. The van der Waals surface area contributed by atoms with Gasteiger partial charge in [0.1, 0.15) is 11.5 Å². The molecular weight excluding hydrogens is 282 g/mol. The van der Waals surface area contributed by atoms with E-state index in [9.17, 15) is 4.79 Å². The molecule has 2 aromatic rings. The zero-order valence-electron chi connectivity index (χ0n) is 12.3. The lowest BCUT2D eigenvalue weighted by Gasteiger charge is -2.23. The minimum Gasteiger partial charge on any atom is -0.384 e. The number of nitrogens with zero attached hydrogens (tertiary/aromatic N) is 2. The number of nitrogens with two attached hydrogens (primary N) is 1. The van der Waals surface area contributed by atoms with E-state index in [-0.39, 0.29) is 11.7 Å². The van der Waals surface area contributed by atoms with E-state index in [1.165, 1.54) is 0 Å². The molecule has 0 bridgehead atoms. The second-order valence-electron chi connectivity index (χ2n) is 5.35. The summed E-state index contributed by atoms with van der Waals surface area (Å²) in [5.41, 5.74) is 10.9. The van der Waals surface area contributed by atoms with Crippen LogP contribution >= 0.6 is 11.3 Å². The number of pyridine rings is 1. The summed E-state index contributed by atoms with van der Waals surface area (Å²) in [5, 5.41) is 4.03. The molecule has 3 rings (SSSR count). The van der Waals surface area contributed by atoms with Gasteiger partial charge in [0.05, 0.1) is 17.3 Å². The number of ketones is 1. The smallest absolute Gasteiger partial charge is 0.190 e. The van der Waals surface area contributed by atoms with E-state index in [2.05, 4.69) is 9.98 Å². The number of hydrogen-bond acceptors (Lipinski definition) is 5. The molecule has 2 aromatic heterocycles. The molecule has 0 saturated carbocycles. The van der Waals surface area contributed by atoms with Gasteiger partial charge in [-0.15, -0.1) is 0 Å². The van der Waals surface area contributed by atoms with Crippen LogP contribution in [-0.4, -0.2) is 16.5 Å². The number of carbonyl (C=O) groups excluding carboxylic acids is 1. The molecule has 5 heteroatoms. The Morgan fingerprint density at radius 2 is 2.05 bits per heavy atom. The number of nitrogen functional groups attached to an aromatic ring is 1. The average Bonchev–Trinajstić information content (AvgIpc) is 2.84.